The second kappa shape index (κ2) is 7.78. The Labute approximate surface area is 161 Å². The minimum absolute atomic E-state index is 0.0440. The van der Waals surface area contributed by atoms with Gasteiger partial charge in [-0.2, -0.15) is 4.31 Å². The van der Waals surface area contributed by atoms with Crippen LogP contribution in [0.4, 0.5) is 5.69 Å². The van der Waals surface area contributed by atoms with Gasteiger partial charge in [-0.25, -0.2) is 8.42 Å². The summed E-state index contributed by atoms with van der Waals surface area (Å²) < 4.78 is 38.7. The average molecular weight is 391 g/mol. The zero-order valence-electron chi connectivity index (χ0n) is 16.1. The standard InChI is InChI=1S/C20H26N2O4S/c1-15-13-21(14-16(2)22(15)17-8-6-5-7-9-17)27(23,24)20-12-18(25-3)10-11-19(20)26-4/h5-12,15-16H,13-14H2,1-4H3. The smallest absolute Gasteiger partial charge is 0.247 e. The number of rotatable bonds is 5. The quantitative estimate of drug-likeness (QED) is 0.786. The predicted octanol–water partition coefficient (Wildman–Crippen LogP) is 2.99. The molecular formula is C20H26N2O4S. The van der Waals surface area contributed by atoms with E-state index in [1.165, 1.54) is 20.3 Å². The lowest BCUT2D eigenvalue weighted by atomic mass is 10.1. The van der Waals surface area contributed by atoms with Crippen molar-refractivity contribution >= 4 is 15.7 Å². The molecule has 27 heavy (non-hydrogen) atoms. The van der Waals surface area contributed by atoms with Gasteiger partial charge in [-0.1, -0.05) is 18.2 Å². The van der Waals surface area contributed by atoms with Crippen LogP contribution in [0.5, 0.6) is 11.5 Å². The fourth-order valence-corrected chi connectivity index (χ4v) is 5.48. The highest BCUT2D eigenvalue weighted by Gasteiger charge is 2.37. The highest BCUT2D eigenvalue weighted by Crippen LogP contribution is 2.33. The van der Waals surface area contributed by atoms with Gasteiger partial charge in [0.2, 0.25) is 10.0 Å². The molecule has 6 nitrogen and oxygen atoms in total. The number of ether oxygens (including phenoxy) is 2. The molecule has 0 N–H and O–H groups in total. The number of sulfonamides is 1. The van der Waals surface area contributed by atoms with Gasteiger partial charge in [-0.05, 0) is 38.1 Å². The lowest BCUT2D eigenvalue weighted by Crippen LogP contribution is -2.58. The third-order valence-electron chi connectivity index (χ3n) is 4.93. The van der Waals surface area contributed by atoms with Gasteiger partial charge in [0.25, 0.3) is 0 Å². The number of anilines is 1. The maximum atomic E-state index is 13.3. The Morgan fingerprint density at radius 3 is 2.11 bits per heavy atom. The van der Waals surface area contributed by atoms with Crippen LogP contribution in [0.1, 0.15) is 13.8 Å². The molecule has 0 aliphatic carbocycles. The van der Waals surface area contributed by atoms with Gasteiger partial charge in [0.05, 0.1) is 14.2 Å². The van der Waals surface area contributed by atoms with E-state index in [1.807, 2.05) is 32.0 Å². The molecule has 1 aliphatic rings. The molecule has 146 valence electrons. The van der Waals surface area contributed by atoms with Crippen LogP contribution in [0, 0.1) is 0 Å². The maximum Gasteiger partial charge on any atom is 0.247 e. The third kappa shape index (κ3) is 3.75. The molecule has 2 aromatic carbocycles. The lowest BCUT2D eigenvalue weighted by molar-refractivity contribution is 0.299. The third-order valence-corrected chi connectivity index (χ3v) is 6.78. The summed E-state index contributed by atoms with van der Waals surface area (Å²) >= 11 is 0. The number of para-hydroxylation sites is 1. The van der Waals surface area contributed by atoms with E-state index >= 15 is 0 Å². The average Bonchev–Trinajstić information content (AvgIpc) is 2.67. The summed E-state index contributed by atoms with van der Waals surface area (Å²) in [4.78, 5) is 2.41. The number of hydrogen-bond acceptors (Lipinski definition) is 5. The molecule has 0 radical (unpaired) electrons. The zero-order chi connectivity index (χ0) is 19.6. The number of nitrogens with zero attached hydrogens (tertiary/aromatic N) is 2. The maximum absolute atomic E-state index is 13.3. The molecule has 2 aromatic rings. The van der Waals surface area contributed by atoms with Crippen molar-refractivity contribution in [2.45, 2.75) is 30.8 Å². The summed E-state index contributed by atoms with van der Waals surface area (Å²) in [5.74, 6) is 0.806. The van der Waals surface area contributed by atoms with E-state index in [1.54, 1.807) is 16.4 Å². The molecule has 1 fully saturated rings. The first kappa shape index (κ1) is 19.5. The summed E-state index contributed by atoms with van der Waals surface area (Å²) in [5.41, 5.74) is 1.11. The van der Waals surface area contributed by atoms with Crippen LogP contribution in [0.25, 0.3) is 0 Å². The van der Waals surface area contributed by atoms with Crippen molar-refractivity contribution in [3.05, 3.63) is 48.5 Å². The molecule has 0 amide bonds. The highest BCUT2D eigenvalue weighted by atomic mass is 32.2. The van der Waals surface area contributed by atoms with Crippen molar-refractivity contribution in [3.8, 4) is 11.5 Å². The van der Waals surface area contributed by atoms with Crippen LogP contribution in [-0.2, 0) is 10.0 Å². The molecule has 0 bridgehead atoms. The topological polar surface area (TPSA) is 59.1 Å². The van der Waals surface area contributed by atoms with Gasteiger partial charge in [-0.15, -0.1) is 0 Å². The number of benzene rings is 2. The number of piperazine rings is 1. The molecule has 0 spiro atoms. The predicted molar refractivity (Wildman–Crippen MR) is 106 cm³/mol. The summed E-state index contributed by atoms with van der Waals surface area (Å²) in [5, 5.41) is 0. The van der Waals surface area contributed by atoms with Crippen molar-refractivity contribution < 1.29 is 17.9 Å². The van der Waals surface area contributed by atoms with Crippen LogP contribution in [0.3, 0.4) is 0 Å². The van der Waals surface area contributed by atoms with Crippen molar-refractivity contribution in [2.75, 3.05) is 32.2 Å². The van der Waals surface area contributed by atoms with E-state index in [2.05, 4.69) is 17.0 Å². The Kier molecular flexibility index (Phi) is 5.62. The van der Waals surface area contributed by atoms with E-state index in [0.717, 1.165) is 5.69 Å². The van der Waals surface area contributed by atoms with Gasteiger partial charge in [0, 0.05) is 36.9 Å². The minimum Gasteiger partial charge on any atom is -0.497 e. The summed E-state index contributed by atoms with van der Waals surface area (Å²) in [6.45, 7) is 4.91. The molecule has 3 rings (SSSR count). The molecular weight excluding hydrogens is 364 g/mol. The largest absolute Gasteiger partial charge is 0.497 e. The van der Waals surface area contributed by atoms with Gasteiger partial charge >= 0.3 is 0 Å². The molecule has 1 aliphatic heterocycles. The molecule has 1 heterocycles. The zero-order valence-corrected chi connectivity index (χ0v) is 16.9. The second-order valence-corrected chi connectivity index (χ2v) is 8.69. The van der Waals surface area contributed by atoms with Gasteiger partial charge in [0.1, 0.15) is 16.4 Å². The Morgan fingerprint density at radius 2 is 1.56 bits per heavy atom. The van der Waals surface area contributed by atoms with Crippen LogP contribution < -0.4 is 14.4 Å². The van der Waals surface area contributed by atoms with E-state index < -0.39 is 10.0 Å². The van der Waals surface area contributed by atoms with Crippen molar-refractivity contribution in [3.63, 3.8) is 0 Å². The normalized spacial score (nSPS) is 21.1. The summed E-state index contributed by atoms with van der Waals surface area (Å²) in [6, 6.07) is 15.0. The van der Waals surface area contributed by atoms with E-state index in [-0.39, 0.29) is 17.0 Å². The summed E-state index contributed by atoms with van der Waals surface area (Å²) in [6.07, 6.45) is 0. The van der Waals surface area contributed by atoms with Crippen molar-refractivity contribution in [1.29, 1.82) is 0 Å². The Bertz CT molecular complexity index is 874. The first-order chi connectivity index (χ1) is 12.9. The monoisotopic (exact) mass is 390 g/mol. The Balaban J connectivity index is 1.92. The fourth-order valence-electron chi connectivity index (χ4n) is 3.70. The van der Waals surface area contributed by atoms with E-state index in [9.17, 15) is 8.42 Å². The van der Waals surface area contributed by atoms with Crippen LogP contribution in [0.15, 0.2) is 53.4 Å². The van der Waals surface area contributed by atoms with Crippen LogP contribution >= 0.6 is 0 Å². The molecule has 7 heteroatoms. The number of methoxy groups -OCH3 is 2. The molecule has 2 unspecified atom stereocenters. The molecule has 0 aromatic heterocycles. The highest BCUT2D eigenvalue weighted by molar-refractivity contribution is 7.89. The van der Waals surface area contributed by atoms with Gasteiger partial charge < -0.3 is 14.4 Å². The fraction of sp³-hybridized carbons (Fsp3) is 0.400. The van der Waals surface area contributed by atoms with Gasteiger partial charge in [-0.3, -0.25) is 0 Å². The first-order valence-corrected chi connectivity index (χ1v) is 10.4. The van der Waals surface area contributed by atoms with Crippen molar-refractivity contribution in [1.82, 2.24) is 4.31 Å². The second-order valence-electron chi connectivity index (χ2n) is 6.78. The number of hydrogen-bond donors (Lipinski definition) is 0. The van der Waals surface area contributed by atoms with E-state index in [4.69, 9.17) is 9.47 Å². The molecule has 1 saturated heterocycles. The SMILES string of the molecule is COc1ccc(OC)c(S(=O)(=O)N2CC(C)N(c3ccccc3)C(C)C2)c1. The van der Waals surface area contributed by atoms with Crippen molar-refractivity contribution in [2.24, 2.45) is 0 Å². The summed E-state index contributed by atoms with van der Waals surface area (Å²) in [7, 11) is -0.721. The minimum atomic E-state index is -3.71. The molecule has 0 saturated carbocycles. The Morgan fingerprint density at radius 1 is 0.926 bits per heavy atom. The molecule has 2 atom stereocenters. The Hall–Kier alpha value is -2.25. The van der Waals surface area contributed by atoms with Gasteiger partial charge in [0.15, 0.2) is 0 Å². The lowest BCUT2D eigenvalue weighted by Gasteiger charge is -2.45. The first-order valence-electron chi connectivity index (χ1n) is 8.94. The van der Waals surface area contributed by atoms with Crippen LogP contribution in [0.2, 0.25) is 0 Å². The van der Waals surface area contributed by atoms with E-state index in [0.29, 0.717) is 24.6 Å². The van der Waals surface area contributed by atoms with Crippen LogP contribution in [-0.4, -0.2) is 52.1 Å².